The number of para-hydroxylation sites is 1. The summed E-state index contributed by atoms with van der Waals surface area (Å²) in [4.78, 5) is 15.7. The molecule has 6 rings (SSSR count). The number of aryl methyl sites for hydroxylation is 2. The van der Waals surface area contributed by atoms with Gasteiger partial charge in [0.05, 0.1) is 11.7 Å². The maximum Gasteiger partial charge on any atom is 0.259 e. The van der Waals surface area contributed by atoms with Gasteiger partial charge in [0.15, 0.2) is 0 Å². The first kappa shape index (κ1) is 19.6. The van der Waals surface area contributed by atoms with E-state index < -0.39 is 0 Å². The number of carbonyl (C=O) groups is 1. The Hall–Kier alpha value is -4.11. The van der Waals surface area contributed by atoms with E-state index in [9.17, 15) is 4.79 Å². The highest BCUT2D eigenvalue weighted by molar-refractivity contribution is 6.13. The fourth-order valence-corrected chi connectivity index (χ4v) is 5.22. The Morgan fingerprint density at radius 2 is 1.39 bits per heavy atom. The lowest BCUT2D eigenvalue weighted by Crippen LogP contribution is -2.28. The summed E-state index contributed by atoms with van der Waals surface area (Å²) in [6.45, 7) is 2.07. The van der Waals surface area contributed by atoms with Gasteiger partial charge < -0.3 is 4.57 Å². The molecule has 0 radical (unpaired) electrons. The number of benzene rings is 4. The van der Waals surface area contributed by atoms with Crippen LogP contribution >= 0.6 is 0 Å². The topological polar surface area (TPSA) is 25.2 Å². The van der Waals surface area contributed by atoms with E-state index in [1.54, 1.807) is 0 Å². The van der Waals surface area contributed by atoms with Gasteiger partial charge in [0.1, 0.15) is 0 Å². The van der Waals surface area contributed by atoms with Gasteiger partial charge in [-0.05, 0) is 42.3 Å². The molecule has 2 heterocycles. The maximum absolute atomic E-state index is 13.8. The molecular formula is C30H24N2O. The van der Waals surface area contributed by atoms with E-state index in [2.05, 4.69) is 97.4 Å². The average molecular weight is 429 g/mol. The predicted octanol–water partition coefficient (Wildman–Crippen LogP) is 6.90. The molecule has 1 aliphatic rings. The van der Waals surface area contributed by atoms with Crippen LogP contribution in [-0.2, 0) is 7.05 Å². The third-order valence-electron chi connectivity index (χ3n) is 6.74. The van der Waals surface area contributed by atoms with Crippen LogP contribution in [0.2, 0.25) is 0 Å². The fraction of sp³-hybridized carbons (Fsp3) is 0.100. The second kappa shape index (κ2) is 7.49. The molecule has 3 heteroatoms. The van der Waals surface area contributed by atoms with Crippen molar-refractivity contribution in [3.8, 4) is 11.3 Å². The number of hydrogen-bond donors (Lipinski definition) is 0. The van der Waals surface area contributed by atoms with Crippen LogP contribution < -0.4 is 4.90 Å². The molecule has 33 heavy (non-hydrogen) atoms. The molecule has 3 nitrogen and oxygen atoms in total. The number of hydrogen-bond acceptors (Lipinski definition) is 1. The summed E-state index contributed by atoms with van der Waals surface area (Å²) < 4.78 is 2.26. The van der Waals surface area contributed by atoms with Crippen molar-refractivity contribution in [2.75, 3.05) is 4.90 Å². The molecule has 0 N–H and O–H groups in total. The Morgan fingerprint density at radius 3 is 2.18 bits per heavy atom. The monoisotopic (exact) mass is 428 g/mol. The van der Waals surface area contributed by atoms with Crippen molar-refractivity contribution in [3.63, 3.8) is 0 Å². The molecule has 4 aromatic carbocycles. The van der Waals surface area contributed by atoms with Gasteiger partial charge in [0, 0.05) is 34.8 Å². The zero-order valence-electron chi connectivity index (χ0n) is 18.7. The minimum absolute atomic E-state index is 0.0476. The van der Waals surface area contributed by atoms with Crippen LogP contribution in [0.15, 0.2) is 103 Å². The number of carbonyl (C=O) groups excluding carboxylic acids is 1. The number of aromatic nitrogens is 1. The first-order valence-corrected chi connectivity index (χ1v) is 11.3. The summed E-state index contributed by atoms with van der Waals surface area (Å²) in [5.74, 6) is 0.0476. The first-order chi connectivity index (χ1) is 16.1. The van der Waals surface area contributed by atoms with Gasteiger partial charge in [-0.2, -0.15) is 0 Å². The lowest BCUT2D eigenvalue weighted by atomic mass is 9.93. The van der Waals surface area contributed by atoms with Gasteiger partial charge >= 0.3 is 0 Å². The minimum Gasteiger partial charge on any atom is -0.343 e. The molecule has 0 fully saturated rings. The van der Waals surface area contributed by atoms with Crippen molar-refractivity contribution in [2.24, 2.45) is 7.05 Å². The van der Waals surface area contributed by atoms with E-state index >= 15 is 0 Å². The molecule has 0 unspecified atom stereocenters. The summed E-state index contributed by atoms with van der Waals surface area (Å²) in [7, 11) is 2.12. The van der Waals surface area contributed by atoms with E-state index in [4.69, 9.17) is 0 Å². The molecule has 1 atom stereocenters. The smallest absolute Gasteiger partial charge is 0.259 e. The second-order valence-electron chi connectivity index (χ2n) is 8.70. The van der Waals surface area contributed by atoms with Crippen LogP contribution in [0, 0.1) is 6.92 Å². The van der Waals surface area contributed by atoms with Gasteiger partial charge in [-0.15, -0.1) is 0 Å². The Kier molecular flexibility index (Phi) is 4.44. The normalized spacial score (nSPS) is 15.3. The number of fused-ring (bicyclic) bond motifs is 2. The van der Waals surface area contributed by atoms with E-state index in [0.717, 1.165) is 39.2 Å². The first-order valence-electron chi connectivity index (χ1n) is 11.3. The zero-order chi connectivity index (χ0) is 22.5. The Bertz CT molecular complexity index is 1500. The van der Waals surface area contributed by atoms with Crippen molar-refractivity contribution in [1.29, 1.82) is 0 Å². The molecule has 5 aromatic rings. The van der Waals surface area contributed by atoms with Crippen LogP contribution in [0.5, 0.6) is 0 Å². The third-order valence-corrected chi connectivity index (χ3v) is 6.74. The molecule has 0 aliphatic carbocycles. The van der Waals surface area contributed by atoms with Gasteiger partial charge in [-0.25, -0.2) is 0 Å². The zero-order valence-corrected chi connectivity index (χ0v) is 18.7. The molecule has 1 aliphatic heterocycles. The van der Waals surface area contributed by atoms with Crippen LogP contribution in [0.25, 0.3) is 22.2 Å². The Labute approximate surface area is 193 Å². The highest BCUT2D eigenvalue weighted by Crippen LogP contribution is 2.48. The fourth-order valence-electron chi connectivity index (χ4n) is 5.22. The summed E-state index contributed by atoms with van der Waals surface area (Å²) in [5, 5.41) is 1.17. The third kappa shape index (κ3) is 2.93. The molecule has 1 aromatic heterocycles. The Balaban J connectivity index is 1.70. The predicted molar refractivity (Wildman–Crippen MR) is 135 cm³/mol. The summed E-state index contributed by atoms with van der Waals surface area (Å²) in [5.41, 5.74) is 8.53. The summed E-state index contributed by atoms with van der Waals surface area (Å²) in [6, 6.07) is 35.1. The van der Waals surface area contributed by atoms with Crippen molar-refractivity contribution < 1.29 is 4.79 Å². The Morgan fingerprint density at radius 1 is 0.727 bits per heavy atom. The molecule has 0 spiro atoms. The number of anilines is 1. The molecule has 0 bridgehead atoms. The van der Waals surface area contributed by atoms with Crippen molar-refractivity contribution in [2.45, 2.75) is 13.0 Å². The van der Waals surface area contributed by atoms with Crippen LogP contribution in [0.4, 0.5) is 5.69 Å². The van der Waals surface area contributed by atoms with E-state index in [1.807, 2.05) is 29.2 Å². The molecule has 160 valence electrons. The maximum atomic E-state index is 13.8. The van der Waals surface area contributed by atoms with Crippen molar-refractivity contribution >= 4 is 22.5 Å². The van der Waals surface area contributed by atoms with E-state index in [1.165, 1.54) is 10.9 Å². The molecular weight excluding hydrogens is 404 g/mol. The second-order valence-corrected chi connectivity index (χ2v) is 8.70. The average Bonchev–Trinajstić information content (AvgIpc) is 3.31. The van der Waals surface area contributed by atoms with Gasteiger partial charge in [0.25, 0.3) is 5.91 Å². The molecule has 1 amide bonds. The van der Waals surface area contributed by atoms with E-state index in [0.29, 0.717) is 0 Å². The molecule has 0 saturated carbocycles. The van der Waals surface area contributed by atoms with E-state index in [-0.39, 0.29) is 11.9 Å². The SMILES string of the molecule is Cc1ccc(N2C(=O)c3ccccc3[C@@H]2c2c(-c3ccccc3)n(C)c3ccccc23)cc1. The highest BCUT2D eigenvalue weighted by Gasteiger charge is 2.41. The number of nitrogens with zero attached hydrogens (tertiary/aromatic N) is 2. The van der Waals surface area contributed by atoms with Crippen molar-refractivity contribution in [1.82, 2.24) is 4.57 Å². The number of amides is 1. The summed E-state index contributed by atoms with van der Waals surface area (Å²) >= 11 is 0. The number of rotatable bonds is 3. The quantitative estimate of drug-likeness (QED) is 0.307. The van der Waals surface area contributed by atoms with Gasteiger partial charge in [-0.3, -0.25) is 9.69 Å². The van der Waals surface area contributed by atoms with Gasteiger partial charge in [-0.1, -0.05) is 84.4 Å². The largest absolute Gasteiger partial charge is 0.343 e. The molecule has 0 saturated heterocycles. The van der Waals surface area contributed by atoms with Crippen LogP contribution in [0.1, 0.15) is 33.1 Å². The minimum atomic E-state index is -0.210. The van der Waals surface area contributed by atoms with Crippen molar-refractivity contribution in [3.05, 3.63) is 125 Å². The standard InChI is InChI=1S/C30H24N2O/c1-20-16-18-22(19-17-20)32-29(23-12-6-7-13-24(23)30(32)33)27-25-14-8-9-15-26(25)31(2)28(27)21-10-4-3-5-11-21/h3-19,29H,1-2H3/t29-/m1/s1. The lowest BCUT2D eigenvalue weighted by Gasteiger charge is -2.27. The van der Waals surface area contributed by atoms with Gasteiger partial charge in [0.2, 0.25) is 0 Å². The highest BCUT2D eigenvalue weighted by atomic mass is 16.2. The van der Waals surface area contributed by atoms with Crippen LogP contribution in [-0.4, -0.2) is 10.5 Å². The summed E-state index contributed by atoms with van der Waals surface area (Å²) in [6.07, 6.45) is 0. The van der Waals surface area contributed by atoms with Crippen LogP contribution in [0.3, 0.4) is 0 Å². The lowest BCUT2D eigenvalue weighted by molar-refractivity contribution is 0.0993.